The van der Waals surface area contributed by atoms with Gasteiger partial charge in [0.2, 0.25) is 0 Å². The highest BCUT2D eigenvalue weighted by atomic mass is 35.5. The molecule has 4 aromatic rings. The second kappa shape index (κ2) is 15.6. The van der Waals surface area contributed by atoms with E-state index >= 15 is 0 Å². The summed E-state index contributed by atoms with van der Waals surface area (Å²) in [4.78, 5) is 16.8. The third-order valence-electron chi connectivity index (χ3n) is 5.44. The van der Waals surface area contributed by atoms with Crippen LogP contribution < -0.4 is 24.4 Å². The zero-order chi connectivity index (χ0) is 29.8. The third-order valence-corrected chi connectivity index (χ3v) is 5.81. The first-order chi connectivity index (χ1) is 19.0. The predicted molar refractivity (Wildman–Crippen MR) is 156 cm³/mol. The van der Waals surface area contributed by atoms with Crippen molar-refractivity contribution in [1.82, 2.24) is 19.9 Å². The van der Waals surface area contributed by atoms with Gasteiger partial charge in [-0.3, -0.25) is 15.0 Å². The Morgan fingerprint density at radius 1 is 0.650 bits per heavy atom. The van der Waals surface area contributed by atoms with Gasteiger partial charge in [0.05, 0.1) is 56.9 Å². The molecule has 0 aliphatic rings. The van der Waals surface area contributed by atoms with Crippen LogP contribution in [0.25, 0.3) is 11.3 Å². The Balaban J connectivity index is 0.000000224. The molecule has 0 fully saturated rings. The van der Waals surface area contributed by atoms with Crippen molar-refractivity contribution in [3.63, 3.8) is 0 Å². The van der Waals surface area contributed by atoms with E-state index in [1.807, 2.05) is 45.9 Å². The zero-order valence-corrected chi connectivity index (χ0v) is 24.6. The van der Waals surface area contributed by atoms with Crippen molar-refractivity contribution in [3.8, 4) is 34.3 Å². The van der Waals surface area contributed by atoms with Crippen LogP contribution in [-0.2, 0) is 0 Å². The van der Waals surface area contributed by atoms with Gasteiger partial charge in [-0.05, 0) is 63.5 Å². The number of methoxy groups -OCH3 is 4. The molecule has 0 atom stereocenters. The number of hydrogen-bond acceptors (Lipinski definition) is 10. The number of benzene rings is 2. The van der Waals surface area contributed by atoms with Gasteiger partial charge >= 0.3 is 7.12 Å². The molecule has 0 aliphatic heterocycles. The Morgan fingerprint density at radius 2 is 1.15 bits per heavy atom. The number of aryl methyl sites for hydroxylation is 4. The summed E-state index contributed by atoms with van der Waals surface area (Å²) >= 11 is 5.61. The molecular weight excluding hydrogens is 535 g/mol. The molecule has 40 heavy (non-hydrogen) atoms. The molecule has 0 spiro atoms. The topological polar surface area (TPSA) is 129 Å². The molecule has 10 nitrogen and oxygen atoms in total. The van der Waals surface area contributed by atoms with Gasteiger partial charge in [-0.1, -0.05) is 17.7 Å². The normalized spacial score (nSPS) is 9.88. The highest BCUT2D eigenvalue weighted by Gasteiger charge is 2.14. The van der Waals surface area contributed by atoms with Crippen molar-refractivity contribution in [2.75, 3.05) is 28.4 Å². The van der Waals surface area contributed by atoms with Crippen molar-refractivity contribution in [2.24, 2.45) is 0 Å². The van der Waals surface area contributed by atoms with E-state index in [2.05, 4.69) is 19.9 Å². The second-order valence-electron chi connectivity index (χ2n) is 8.39. The van der Waals surface area contributed by atoms with E-state index < -0.39 is 7.12 Å². The lowest BCUT2D eigenvalue weighted by atomic mass is 9.80. The Hall–Kier alpha value is -3.93. The maximum absolute atomic E-state index is 8.87. The fraction of sp³-hybridized carbons (Fsp3) is 0.286. The van der Waals surface area contributed by atoms with Gasteiger partial charge in [0.1, 0.15) is 5.15 Å². The van der Waals surface area contributed by atoms with Gasteiger partial charge in [0.15, 0.2) is 23.0 Å². The Bertz CT molecular complexity index is 1410. The summed E-state index contributed by atoms with van der Waals surface area (Å²) in [7, 11) is 4.77. The van der Waals surface area contributed by atoms with Crippen LogP contribution in [0.5, 0.6) is 23.0 Å². The average molecular weight is 569 g/mol. The SMILES string of the molecule is COc1ccc(-c2ncc(C)nc2C)cc1OC.COc1ccc(B(O)O)cc1OC.Cc1cnc(Cl)c(C)n1. The summed E-state index contributed by atoms with van der Waals surface area (Å²) in [5.74, 6) is 2.44. The summed E-state index contributed by atoms with van der Waals surface area (Å²) < 4.78 is 20.5. The minimum absolute atomic E-state index is 0.373. The van der Waals surface area contributed by atoms with Gasteiger partial charge in [0.25, 0.3) is 0 Å². The smallest absolute Gasteiger partial charge is 0.488 e. The fourth-order valence-corrected chi connectivity index (χ4v) is 3.55. The number of halogens is 1. The summed E-state index contributed by atoms with van der Waals surface area (Å²) in [5, 5.41) is 18.2. The zero-order valence-electron chi connectivity index (χ0n) is 23.9. The molecule has 2 heterocycles. The van der Waals surface area contributed by atoms with Crippen molar-refractivity contribution < 1.29 is 29.0 Å². The number of hydrogen-bond donors (Lipinski definition) is 2. The molecule has 0 aliphatic carbocycles. The van der Waals surface area contributed by atoms with Gasteiger partial charge in [-0.15, -0.1) is 0 Å². The van der Waals surface area contributed by atoms with Crippen LogP contribution in [0.4, 0.5) is 0 Å². The minimum Gasteiger partial charge on any atom is -0.493 e. The lowest BCUT2D eigenvalue weighted by molar-refractivity contribution is 0.355. The van der Waals surface area contributed by atoms with E-state index in [0.29, 0.717) is 33.6 Å². The van der Waals surface area contributed by atoms with Gasteiger partial charge in [0, 0.05) is 18.0 Å². The standard InChI is InChI=1S/C14H16N2O2.C8H11BO4.C6H7ClN2/c1-9-8-15-14(10(2)16-9)11-5-6-12(17-3)13(7-11)18-4;1-12-7-4-3-6(9(10)11)5-8(7)13-2;1-4-3-8-6(7)5(2)9-4/h5-8H,1-4H3;3-5,10-11H,1-2H3;3H,1-2H3. The molecule has 0 saturated heterocycles. The quantitative estimate of drug-likeness (QED) is 0.330. The second-order valence-corrected chi connectivity index (χ2v) is 8.75. The molecule has 2 aromatic carbocycles. The van der Waals surface area contributed by atoms with Crippen LogP contribution in [0, 0.1) is 27.7 Å². The van der Waals surface area contributed by atoms with E-state index in [4.69, 9.17) is 40.6 Å². The van der Waals surface area contributed by atoms with Gasteiger partial charge < -0.3 is 29.0 Å². The maximum atomic E-state index is 8.87. The molecule has 0 unspecified atom stereocenters. The minimum atomic E-state index is -1.49. The highest BCUT2D eigenvalue weighted by Crippen LogP contribution is 2.32. The van der Waals surface area contributed by atoms with Crippen LogP contribution >= 0.6 is 11.6 Å². The summed E-state index contributed by atoms with van der Waals surface area (Å²) in [5.41, 5.74) is 5.71. The third kappa shape index (κ3) is 9.08. The first-order valence-corrected chi connectivity index (χ1v) is 12.5. The number of ether oxygens (including phenoxy) is 4. The molecule has 12 heteroatoms. The molecule has 2 N–H and O–H groups in total. The van der Waals surface area contributed by atoms with Crippen LogP contribution in [0.2, 0.25) is 5.15 Å². The van der Waals surface area contributed by atoms with E-state index in [1.54, 1.807) is 38.7 Å². The van der Waals surface area contributed by atoms with Crippen molar-refractivity contribution in [3.05, 3.63) is 76.7 Å². The van der Waals surface area contributed by atoms with E-state index in [9.17, 15) is 0 Å². The van der Waals surface area contributed by atoms with E-state index in [1.165, 1.54) is 20.3 Å². The lowest BCUT2D eigenvalue weighted by Gasteiger charge is -2.10. The molecular formula is C28H34BClN4O6. The van der Waals surface area contributed by atoms with Crippen LogP contribution in [-0.4, -0.2) is 65.5 Å². The van der Waals surface area contributed by atoms with Crippen LogP contribution in [0.1, 0.15) is 22.8 Å². The molecule has 4 rings (SSSR count). The number of aromatic nitrogens is 4. The summed E-state index contributed by atoms with van der Waals surface area (Å²) in [6.45, 7) is 7.60. The predicted octanol–water partition coefficient (Wildman–Crippen LogP) is 3.91. The molecule has 0 amide bonds. The highest BCUT2D eigenvalue weighted by molar-refractivity contribution is 6.58. The number of nitrogens with zero attached hydrogens (tertiary/aromatic N) is 4. The van der Waals surface area contributed by atoms with Gasteiger partial charge in [-0.2, -0.15) is 0 Å². The van der Waals surface area contributed by atoms with Gasteiger partial charge in [-0.25, -0.2) is 4.98 Å². The van der Waals surface area contributed by atoms with Crippen molar-refractivity contribution >= 4 is 24.2 Å². The van der Waals surface area contributed by atoms with E-state index in [0.717, 1.165) is 34.0 Å². The van der Waals surface area contributed by atoms with E-state index in [-0.39, 0.29) is 0 Å². The summed E-state index contributed by atoms with van der Waals surface area (Å²) in [6, 6.07) is 10.4. The number of rotatable bonds is 6. The summed E-state index contributed by atoms with van der Waals surface area (Å²) in [6.07, 6.45) is 3.41. The molecule has 2 aromatic heterocycles. The molecule has 0 radical (unpaired) electrons. The van der Waals surface area contributed by atoms with Crippen molar-refractivity contribution in [2.45, 2.75) is 27.7 Å². The van der Waals surface area contributed by atoms with Crippen LogP contribution in [0.3, 0.4) is 0 Å². The van der Waals surface area contributed by atoms with Crippen molar-refractivity contribution in [1.29, 1.82) is 0 Å². The van der Waals surface area contributed by atoms with Crippen LogP contribution in [0.15, 0.2) is 48.8 Å². The molecule has 0 bridgehead atoms. The molecule has 212 valence electrons. The first-order valence-electron chi connectivity index (χ1n) is 12.1. The monoisotopic (exact) mass is 568 g/mol. The molecule has 0 saturated carbocycles. The lowest BCUT2D eigenvalue weighted by Crippen LogP contribution is -2.29. The Kier molecular flexibility index (Phi) is 12.6. The Morgan fingerprint density at radius 3 is 1.62 bits per heavy atom. The maximum Gasteiger partial charge on any atom is 0.488 e. The average Bonchev–Trinajstić information content (AvgIpc) is 2.95. The fourth-order valence-electron chi connectivity index (χ4n) is 3.46. The first kappa shape index (κ1) is 32.3. The largest absolute Gasteiger partial charge is 0.493 e. The Labute approximate surface area is 240 Å².